The third kappa shape index (κ3) is 2.17. The van der Waals surface area contributed by atoms with Crippen molar-refractivity contribution in [3.63, 3.8) is 0 Å². The summed E-state index contributed by atoms with van der Waals surface area (Å²) in [4.78, 5) is 27.5. The van der Waals surface area contributed by atoms with E-state index in [0.29, 0.717) is 4.88 Å². The number of carbonyl (C=O) groups excluding carboxylic acids is 2. The number of hydrogen-bond acceptors (Lipinski definition) is 4. The van der Waals surface area contributed by atoms with Gasteiger partial charge in [0.05, 0.1) is 0 Å². The summed E-state index contributed by atoms with van der Waals surface area (Å²) >= 11 is 2.92. The molecule has 1 aromatic carbocycles. The molecule has 23 heavy (non-hydrogen) atoms. The van der Waals surface area contributed by atoms with Crippen LogP contribution in [0.1, 0.15) is 31.5 Å². The highest BCUT2D eigenvalue weighted by Crippen LogP contribution is 2.40. The molecule has 3 aromatic rings. The zero-order chi connectivity index (χ0) is 16.1. The molecule has 0 amide bonds. The summed E-state index contributed by atoms with van der Waals surface area (Å²) < 4.78 is 26.7. The number of Topliss-reactive ketones (excluding diaryl/α,β-unsaturated/α-hetero) is 2. The van der Waals surface area contributed by atoms with Crippen LogP contribution >= 0.6 is 22.7 Å². The van der Waals surface area contributed by atoms with E-state index in [9.17, 15) is 18.4 Å². The molecule has 1 aliphatic rings. The molecule has 6 heteroatoms. The maximum Gasteiger partial charge on any atom is 0.179 e. The second-order valence-corrected chi connectivity index (χ2v) is 7.22. The van der Waals surface area contributed by atoms with Gasteiger partial charge in [0.2, 0.25) is 0 Å². The Labute approximate surface area is 138 Å². The fraction of sp³-hybridized carbons (Fsp3) is 0.0588. The number of fused-ring (bicyclic) bond motifs is 1. The van der Waals surface area contributed by atoms with E-state index in [-0.39, 0.29) is 11.1 Å². The second kappa shape index (κ2) is 5.18. The first-order chi connectivity index (χ1) is 11.1. The zero-order valence-corrected chi connectivity index (χ0v) is 13.1. The summed E-state index contributed by atoms with van der Waals surface area (Å²) in [6.07, 6.45) is 0. The summed E-state index contributed by atoms with van der Waals surface area (Å²) in [5, 5.41) is 1.95. The molecule has 0 spiro atoms. The number of thiophene rings is 2. The van der Waals surface area contributed by atoms with Crippen LogP contribution in [0.15, 0.2) is 41.8 Å². The smallest absolute Gasteiger partial charge is 0.179 e. The molecule has 0 atom stereocenters. The molecule has 0 fully saturated rings. The molecule has 0 saturated heterocycles. The Hall–Kier alpha value is -2.18. The first-order valence-electron chi connectivity index (χ1n) is 6.77. The van der Waals surface area contributed by atoms with Gasteiger partial charge in [0.25, 0.3) is 0 Å². The quantitative estimate of drug-likeness (QED) is 0.617. The molecule has 2 nitrogen and oxygen atoms in total. The lowest BCUT2D eigenvalue weighted by atomic mass is 10.0. The first-order valence-corrected chi connectivity index (χ1v) is 8.47. The number of rotatable bonds is 2. The monoisotopic (exact) mass is 346 g/mol. The standard InChI is InChI=1S/C17H8F2O2S2/c18-10-6-8-9(7-11(10)19)17(21)15(16(8)20)14-4-3-13(23-14)12-2-1-5-22-12/h1-7,15H. The topological polar surface area (TPSA) is 34.1 Å². The summed E-state index contributed by atoms with van der Waals surface area (Å²) in [5.74, 6) is -4.16. The Bertz CT molecular complexity index is 901. The number of halogens is 2. The van der Waals surface area contributed by atoms with Crippen molar-refractivity contribution < 1.29 is 18.4 Å². The highest BCUT2D eigenvalue weighted by Gasteiger charge is 2.41. The van der Waals surface area contributed by atoms with E-state index in [1.165, 1.54) is 11.3 Å². The van der Waals surface area contributed by atoms with Crippen LogP contribution in [0.2, 0.25) is 0 Å². The SMILES string of the molecule is O=C1c2cc(F)c(F)cc2C(=O)C1c1ccc(-c2cccs2)s1. The van der Waals surface area contributed by atoms with Gasteiger partial charge in [-0.15, -0.1) is 22.7 Å². The minimum Gasteiger partial charge on any atom is -0.293 e. The van der Waals surface area contributed by atoms with E-state index in [1.54, 1.807) is 17.4 Å². The van der Waals surface area contributed by atoms with Gasteiger partial charge in [-0.25, -0.2) is 8.78 Å². The van der Waals surface area contributed by atoms with Crippen LogP contribution in [0.4, 0.5) is 8.78 Å². The van der Waals surface area contributed by atoms with Crippen molar-refractivity contribution in [3.05, 3.63) is 69.4 Å². The molecule has 0 bridgehead atoms. The molecule has 4 rings (SSSR count). The summed E-state index contributed by atoms with van der Waals surface area (Å²) in [6, 6.07) is 9.11. The largest absolute Gasteiger partial charge is 0.293 e. The van der Waals surface area contributed by atoms with Gasteiger partial charge in [-0.2, -0.15) is 0 Å². The molecule has 0 radical (unpaired) electrons. The average Bonchev–Trinajstić information content (AvgIpc) is 3.23. The highest BCUT2D eigenvalue weighted by atomic mass is 32.1. The molecular formula is C17H8F2O2S2. The van der Waals surface area contributed by atoms with Crippen molar-refractivity contribution in [2.24, 2.45) is 0 Å². The molecule has 0 N–H and O–H groups in total. The van der Waals surface area contributed by atoms with Gasteiger partial charge in [0, 0.05) is 25.8 Å². The van der Waals surface area contributed by atoms with Crippen LogP contribution < -0.4 is 0 Å². The number of hydrogen-bond donors (Lipinski definition) is 0. The molecular weight excluding hydrogens is 338 g/mol. The normalized spacial score (nSPS) is 14.5. The van der Waals surface area contributed by atoms with Crippen molar-refractivity contribution in [1.29, 1.82) is 0 Å². The van der Waals surface area contributed by atoms with E-state index >= 15 is 0 Å². The number of carbonyl (C=O) groups is 2. The number of benzene rings is 1. The molecule has 0 unspecified atom stereocenters. The van der Waals surface area contributed by atoms with Gasteiger partial charge in [-0.3, -0.25) is 9.59 Å². The lowest BCUT2D eigenvalue weighted by Gasteiger charge is -2.02. The van der Waals surface area contributed by atoms with Gasteiger partial charge in [0.1, 0.15) is 5.92 Å². The fourth-order valence-corrected chi connectivity index (χ4v) is 4.64. The number of ketones is 2. The van der Waals surface area contributed by atoms with Crippen LogP contribution in [-0.2, 0) is 0 Å². The Kier molecular flexibility index (Phi) is 3.25. The zero-order valence-electron chi connectivity index (χ0n) is 11.5. The molecule has 2 heterocycles. The van der Waals surface area contributed by atoms with Crippen molar-refractivity contribution >= 4 is 34.2 Å². The van der Waals surface area contributed by atoms with Crippen molar-refractivity contribution in [1.82, 2.24) is 0 Å². The maximum atomic E-state index is 13.4. The first kappa shape index (κ1) is 14.4. The van der Waals surface area contributed by atoms with Crippen molar-refractivity contribution in [2.75, 3.05) is 0 Å². The van der Waals surface area contributed by atoms with Gasteiger partial charge >= 0.3 is 0 Å². The van der Waals surface area contributed by atoms with Crippen LogP contribution in [0.5, 0.6) is 0 Å². The van der Waals surface area contributed by atoms with E-state index in [1.807, 2.05) is 23.6 Å². The Morgan fingerprint density at radius 2 is 1.52 bits per heavy atom. The van der Waals surface area contributed by atoms with Gasteiger partial charge < -0.3 is 0 Å². The Morgan fingerprint density at radius 3 is 2.09 bits per heavy atom. The van der Waals surface area contributed by atoms with Crippen LogP contribution in [0.25, 0.3) is 9.75 Å². The van der Waals surface area contributed by atoms with Crippen LogP contribution in [-0.4, -0.2) is 11.6 Å². The molecule has 1 aliphatic carbocycles. The van der Waals surface area contributed by atoms with E-state index in [4.69, 9.17) is 0 Å². The lowest BCUT2D eigenvalue weighted by molar-refractivity contribution is 0.0891. The maximum absolute atomic E-state index is 13.4. The van der Waals surface area contributed by atoms with Gasteiger partial charge in [-0.05, 0) is 35.7 Å². The Balaban J connectivity index is 1.77. The fourth-order valence-electron chi connectivity index (χ4n) is 2.70. The van der Waals surface area contributed by atoms with E-state index in [2.05, 4.69) is 0 Å². The molecule has 0 aliphatic heterocycles. The summed E-state index contributed by atoms with van der Waals surface area (Å²) in [7, 11) is 0. The summed E-state index contributed by atoms with van der Waals surface area (Å²) in [5.41, 5.74) is -0.0741. The third-order valence-corrected chi connectivity index (χ3v) is 6.01. The van der Waals surface area contributed by atoms with Crippen LogP contribution in [0.3, 0.4) is 0 Å². The predicted molar refractivity (Wildman–Crippen MR) is 85.4 cm³/mol. The minimum absolute atomic E-state index is 0.0371. The van der Waals surface area contributed by atoms with E-state index in [0.717, 1.165) is 21.9 Å². The van der Waals surface area contributed by atoms with Crippen LogP contribution in [0, 0.1) is 11.6 Å². The molecule has 114 valence electrons. The lowest BCUT2D eigenvalue weighted by Crippen LogP contribution is -2.11. The second-order valence-electron chi connectivity index (χ2n) is 5.15. The predicted octanol–water partition coefficient (Wildman–Crippen LogP) is 4.92. The summed E-state index contributed by atoms with van der Waals surface area (Å²) in [6.45, 7) is 0. The Morgan fingerprint density at radius 1 is 0.870 bits per heavy atom. The van der Waals surface area contributed by atoms with Crippen molar-refractivity contribution in [3.8, 4) is 9.75 Å². The molecule has 2 aromatic heterocycles. The van der Waals surface area contributed by atoms with Gasteiger partial charge in [-0.1, -0.05) is 6.07 Å². The minimum atomic E-state index is -1.11. The molecule has 0 saturated carbocycles. The highest BCUT2D eigenvalue weighted by molar-refractivity contribution is 7.21. The van der Waals surface area contributed by atoms with E-state index < -0.39 is 29.1 Å². The third-order valence-electron chi connectivity index (χ3n) is 3.79. The van der Waals surface area contributed by atoms with Crippen molar-refractivity contribution in [2.45, 2.75) is 5.92 Å². The van der Waals surface area contributed by atoms with Gasteiger partial charge in [0.15, 0.2) is 23.2 Å². The average molecular weight is 346 g/mol.